The quantitative estimate of drug-likeness (QED) is 0.664. The fraction of sp³-hybridized carbons (Fsp3) is 0.529. The molecule has 0 spiro atoms. The molecule has 0 aliphatic rings. The largest absolute Gasteiger partial charge is 0.382 e. The number of carbonyl (C=O) groups is 1. The van der Waals surface area contributed by atoms with E-state index >= 15 is 0 Å². The van der Waals surface area contributed by atoms with E-state index in [0.717, 1.165) is 36.2 Å². The Morgan fingerprint density at radius 3 is 2.86 bits per heavy atom. The van der Waals surface area contributed by atoms with Crippen molar-refractivity contribution in [2.75, 3.05) is 13.2 Å². The molecule has 0 saturated carbocycles. The second-order valence-corrected chi connectivity index (χ2v) is 5.18. The molecule has 0 aliphatic carbocycles. The molecule has 0 amide bonds. The predicted octanol–water partition coefficient (Wildman–Crippen LogP) is 3.37. The monoisotopic (exact) mass is 288 g/mol. The van der Waals surface area contributed by atoms with Crippen LogP contribution in [0.5, 0.6) is 0 Å². The minimum atomic E-state index is 0.238. The first kappa shape index (κ1) is 15.7. The molecule has 4 nitrogen and oxygen atoms in total. The Morgan fingerprint density at radius 2 is 2.10 bits per heavy atom. The highest BCUT2D eigenvalue weighted by Crippen LogP contribution is 2.17. The number of carbonyl (C=O) groups excluding carboxylic acids is 1. The molecular formula is C17H24N2O2. The van der Waals surface area contributed by atoms with E-state index in [1.165, 1.54) is 0 Å². The molecule has 0 saturated heterocycles. The Hall–Kier alpha value is -1.68. The van der Waals surface area contributed by atoms with E-state index in [4.69, 9.17) is 4.74 Å². The molecule has 1 aromatic heterocycles. The van der Waals surface area contributed by atoms with Crippen LogP contribution in [0.4, 0.5) is 0 Å². The number of Topliss-reactive ketones (excluding diaryl/α,β-unsaturated/α-hetero) is 1. The van der Waals surface area contributed by atoms with E-state index in [9.17, 15) is 4.79 Å². The van der Waals surface area contributed by atoms with Crippen molar-refractivity contribution in [3.63, 3.8) is 0 Å². The second kappa shape index (κ2) is 7.93. The molecule has 2 aromatic rings. The second-order valence-electron chi connectivity index (χ2n) is 5.18. The van der Waals surface area contributed by atoms with Crippen LogP contribution in [0.3, 0.4) is 0 Å². The summed E-state index contributed by atoms with van der Waals surface area (Å²) < 4.78 is 7.45. The van der Waals surface area contributed by atoms with Gasteiger partial charge in [-0.3, -0.25) is 4.79 Å². The van der Waals surface area contributed by atoms with Gasteiger partial charge in [0.25, 0.3) is 0 Å². The lowest BCUT2D eigenvalue weighted by molar-refractivity contribution is -0.118. The number of ether oxygens (including phenoxy) is 1. The van der Waals surface area contributed by atoms with Gasteiger partial charge in [-0.15, -0.1) is 0 Å². The number of imidazole rings is 1. The number of hydrogen-bond donors (Lipinski definition) is 0. The lowest BCUT2D eigenvalue weighted by atomic mass is 10.1. The topological polar surface area (TPSA) is 44.1 Å². The summed E-state index contributed by atoms with van der Waals surface area (Å²) in [6.45, 7) is 6.38. The van der Waals surface area contributed by atoms with Crippen LogP contribution < -0.4 is 0 Å². The van der Waals surface area contributed by atoms with Gasteiger partial charge in [0.2, 0.25) is 0 Å². The maximum atomic E-state index is 12.1. The number of nitrogens with zero attached hydrogens (tertiary/aromatic N) is 2. The molecule has 0 bridgehead atoms. The Morgan fingerprint density at radius 1 is 1.29 bits per heavy atom. The van der Waals surface area contributed by atoms with Gasteiger partial charge in [-0.05, 0) is 31.9 Å². The third-order valence-electron chi connectivity index (χ3n) is 3.48. The van der Waals surface area contributed by atoms with Crippen molar-refractivity contribution in [3.05, 3.63) is 30.1 Å². The van der Waals surface area contributed by atoms with Crippen molar-refractivity contribution >= 4 is 16.8 Å². The van der Waals surface area contributed by atoms with Gasteiger partial charge < -0.3 is 9.30 Å². The highest BCUT2D eigenvalue weighted by molar-refractivity contribution is 5.82. The van der Waals surface area contributed by atoms with Crippen LogP contribution >= 0.6 is 0 Å². The summed E-state index contributed by atoms with van der Waals surface area (Å²) >= 11 is 0. The van der Waals surface area contributed by atoms with E-state index in [0.29, 0.717) is 26.1 Å². The van der Waals surface area contributed by atoms with Crippen molar-refractivity contribution in [2.24, 2.45) is 0 Å². The van der Waals surface area contributed by atoms with Crippen LogP contribution in [0.2, 0.25) is 0 Å². The Bertz CT molecular complexity index is 589. The van der Waals surface area contributed by atoms with E-state index in [1.54, 1.807) is 0 Å². The minimum absolute atomic E-state index is 0.238. The Labute approximate surface area is 126 Å². The molecule has 1 heterocycles. The summed E-state index contributed by atoms with van der Waals surface area (Å²) in [6, 6.07) is 8.08. The molecule has 0 atom stereocenters. The molecule has 21 heavy (non-hydrogen) atoms. The van der Waals surface area contributed by atoms with Gasteiger partial charge in [-0.25, -0.2) is 4.98 Å². The zero-order valence-electron chi connectivity index (χ0n) is 13.0. The number of aromatic nitrogens is 2. The molecule has 2 rings (SSSR count). The lowest BCUT2D eigenvalue weighted by Gasteiger charge is -2.07. The van der Waals surface area contributed by atoms with Gasteiger partial charge in [0.05, 0.1) is 17.5 Å². The number of hydrogen-bond acceptors (Lipinski definition) is 3. The maximum absolute atomic E-state index is 12.1. The van der Waals surface area contributed by atoms with Crippen LogP contribution in [-0.4, -0.2) is 28.5 Å². The number of ketones is 1. The Kier molecular flexibility index (Phi) is 5.93. The van der Waals surface area contributed by atoms with Gasteiger partial charge in [0, 0.05) is 26.2 Å². The number of rotatable bonds is 9. The number of fused-ring (bicyclic) bond motifs is 1. The van der Waals surface area contributed by atoms with Crippen LogP contribution in [0.1, 0.15) is 38.9 Å². The Balaban J connectivity index is 2.06. The zero-order chi connectivity index (χ0) is 15.1. The van der Waals surface area contributed by atoms with Crippen molar-refractivity contribution in [3.8, 4) is 0 Å². The molecule has 0 radical (unpaired) electrons. The van der Waals surface area contributed by atoms with E-state index in [2.05, 4.69) is 22.5 Å². The normalized spacial score (nSPS) is 11.1. The van der Waals surface area contributed by atoms with Gasteiger partial charge in [-0.2, -0.15) is 0 Å². The highest BCUT2D eigenvalue weighted by Gasteiger charge is 2.13. The summed E-state index contributed by atoms with van der Waals surface area (Å²) in [5.74, 6) is 1.13. The van der Waals surface area contributed by atoms with Gasteiger partial charge in [-0.1, -0.05) is 19.1 Å². The number of para-hydroxylation sites is 2. The van der Waals surface area contributed by atoms with Crippen molar-refractivity contribution in [1.29, 1.82) is 0 Å². The standard InChI is InChI=1S/C17H24N2O2/c1-3-11-19-16-10-6-5-9-15(16)18-17(19)13-14(20)8-7-12-21-4-2/h5-6,9-10H,3-4,7-8,11-13H2,1-2H3. The first-order chi connectivity index (χ1) is 10.3. The average Bonchev–Trinajstić information content (AvgIpc) is 2.82. The third-order valence-corrected chi connectivity index (χ3v) is 3.48. The van der Waals surface area contributed by atoms with Gasteiger partial charge >= 0.3 is 0 Å². The molecule has 0 aliphatic heterocycles. The zero-order valence-corrected chi connectivity index (χ0v) is 13.0. The molecular weight excluding hydrogens is 264 g/mol. The predicted molar refractivity (Wildman–Crippen MR) is 84.5 cm³/mol. The van der Waals surface area contributed by atoms with E-state index in [-0.39, 0.29) is 5.78 Å². The molecule has 4 heteroatoms. The minimum Gasteiger partial charge on any atom is -0.382 e. The molecule has 0 unspecified atom stereocenters. The molecule has 114 valence electrons. The van der Waals surface area contributed by atoms with Crippen molar-refractivity contribution in [2.45, 2.75) is 46.1 Å². The number of benzene rings is 1. The third kappa shape index (κ3) is 4.14. The maximum Gasteiger partial charge on any atom is 0.140 e. The van der Waals surface area contributed by atoms with Gasteiger partial charge in [0.15, 0.2) is 0 Å². The summed E-state index contributed by atoms with van der Waals surface area (Å²) in [5, 5.41) is 0. The van der Waals surface area contributed by atoms with Crippen LogP contribution in [0, 0.1) is 0 Å². The lowest BCUT2D eigenvalue weighted by Crippen LogP contribution is -2.11. The summed E-state index contributed by atoms with van der Waals surface area (Å²) in [5.41, 5.74) is 2.10. The van der Waals surface area contributed by atoms with Crippen LogP contribution in [0.25, 0.3) is 11.0 Å². The van der Waals surface area contributed by atoms with Crippen molar-refractivity contribution < 1.29 is 9.53 Å². The summed E-state index contributed by atoms with van der Waals surface area (Å²) in [6.07, 6.45) is 2.81. The summed E-state index contributed by atoms with van der Waals surface area (Å²) in [7, 11) is 0. The SMILES string of the molecule is CCCn1c(CC(=O)CCCOCC)nc2ccccc21. The van der Waals surface area contributed by atoms with E-state index < -0.39 is 0 Å². The summed E-state index contributed by atoms with van der Waals surface area (Å²) in [4.78, 5) is 16.7. The first-order valence-electron chi connectivity index (χ1n) is 7.79. The average molecular weight is 288 g/mol. The molecule has 0 fully saturated rings. The smallest absolute Gasteiger partial charge is 0.140 e. The fourth-order valence-corrected chi connectivity index (χ4v) is 2.51. The van der Waals surface area contributed by atoms with Gasteiger partial charge in [0.1, 0.15) is 11.6 Å². The molecule has 1 aromatic carbocycles. The van der Waals surface area contributed by atoms with Crippen molar-refractivity contribution in [1.82, 2.24) is 9.55 Å². The molecule has 0 N–H and O–H groups in total. The number of aryl methyl sites for hydroxylation is 1. The fourth-order valence-electron chi connectivity index (χ4n) is 2.51. The first-order valence-corrected chi connectivity index (χ1v) is 7.79. The highest BCUT2D eigenvalue weighted by atomic mass is 16.5. The van der Waals surface area contributed by atoms with E-state index in [1.807, 2.05) is 25.1 Å². The van der Waals surface area contributed by atoms with Crippen LogP contribution in [-0.2, 0) is 22.5 Å². The van der Waals surface area contributed by atoms with Crippen LogP contribution in [0.15, 0.2) is 24.3 Å².